The summed E-state index contributed by atoms with van der Waals surface area (Å²) in [5.74, 6) is -1.06. The van der Waals surface area contributed by atoms with Crippen LogP contribution in [0.15, 0.2) is 48.5 Å². The molecule has 3 aromatic rings. The number of rotatable bonds is 6. The van der Waals surface area contributed by atoms with E-state index >= 15 is 0 Å². The molecule has 7 heteroatoms. The van der Waals surface area contributed by atoms with Gasteiger partial charge in [-0.1, -0.05) is 23.7 Å². The van der Waals surface area contributed by atoms with Crippen molar-refractivity contribution in [1.29, 1.82) is 0 Å². The molecule has 0 bridgehead atoms. The Morgan fingerprint density at radius 2 is 1.79 bits per heavy atom. The van der Waals surface area contributed by atoms with Crippen LogP contribution in [0.1, 0.15) is 29.9 Å². The SMILES string of the molecule is CC(C)NC(=O)[C@H](Cc1ccc(F)cc1)NC(=O)c1cc2cc(Cl)ccc2[nH]1. The number of fused-ring (bicyclic) bond motifs is 1. The summed E-state index contributed by atoms with van der Waals surface area (Å²) in [5, 5.41) is 6.96. The predicted molar refractivity (Wildman–Crippen MR) is 108 cm³/mol. The summed E-state index contributed by atoms with van der Waals surface area (Å²) in [6.45, 7) is 3.69. The summed E-state index contributed by atoms with van der Waals surface area (Å²) in [7, 11) is 0. The third-order valence-corrected chi connectivity index (χ3v) is 4.47. The first-order chi connectivity index (χ1) is 13.3. The molecule has 1 heterocycles. The van der Waals surface area contributed by atoms with Crippen molar-refractivity contribution in [3.8, 4) is 0 Å². The molecular weight excluding hydrogens is 381 g/mol. The second-order valence-electron chi connectivity index (χ2n) is 6.93. The zero-order valence-corrected chi connectivity index (χ0v) is 16.3. The molecule has 0 radical (unpaired) electrons. The van der Waals surface area contributed by atoms with Crippen LogP contribution < -0.4 is 10.6 Å². The third-order valence-electron chi connectivity index (χ3n) is 4.23. The van der Waals surface area contributed by atoms with Crippen molar-refractivity contribution in [3.63, 3.8) is 0 Å². The number of carbonyl (C=O) groups is 2. The smallest absolute Gasteiger partial charge is 0.268 e. The second kappa shape index (κ2) is 8.44. The Hall–Kier alpha value is -2.86. The largest absolute Gasteiger partial charge is 0.352 e. The molecule has 2 aromatic carbocycles. The number of hydrogen-bond acceptors (Lipinski definition) is 2. The van der Waals surface area contributed by atoms with Gasteiger partial charge in [0, 0.05) is 28.4 Å². The minimum atomic E-state index is -0.796. The normalized spacial score (nSPS) is 12.2. The molecule has 0 spiro atoms. The number of amides is 2. The first kappa shape index (κ1) is 19.9. The predicted octanol–water partition coefficient (Wildman–Crippen LogP) is 3.83. The Morgan fingerprint density at radius 3 is 2.46 bits per heavy atom. The van der Waals surface area contributed by atoms with E-state index in [0.29, 0.717) is 10.7 Å². The van der Waals surface area contributed by atoms with Crippen LogP contribution in [-0.4, -0.2) is 28.9 Å². The maximum Gasteiger partial charge on any atom is 0.268 e. The van der Waals surface area contributed by atoms with E-state index in [0.717, 1.165) is 16.5 Å². The molecule has 0 fully saturated rings. The molecule has 0 aliphatic carbocycles. The van der Waals surface area contributed by atoms with E-state index in [2.05, 4.69) is 15.6 Å². The van der Waals surface area contributed by atoms with Gasteiger partial charge >= 0.3 is 0 Å². The van der Waals surface area contributed by atoms with Crippen LogP contribution in [0, 0.1) is 5.82 Å². The quantitative estimate of drug-likeness (QED) is 0.587. The Bertz CT molecular complexity index is 999. The molecule has 1 atom stereocenters. The van der Waals surface area contributed by atoms with Gasteiger partial charge in [-0.3, -0.25) is 9.59 Å². The fourth-order valence-corrected chi connectivity index (χ4v) is 3.09. The van der Waals surface area contributed by atoms with Gasteiger partial charge in [0.05, 0.1) is 0 Å². The minimum Gasteiger partial charge on any atom is -0.352 e. The Labute approximate surface area is 167 Å². The van der Waals surface area contributed by atoms with Crippen molar-refractivity contribution in [1.82, 2.24) is 15.6 Å². The van der Waals surface area contributed by atoms with Crippen LogP contribution in [0.3, 0.4) is 0 Å². The standard InChI is InChI=1S/C21H21ClFN3O2/c1-12(2)24-20(27)18(9-13-3-6-16(23)7-4-13)26-21(28)19-11-14-10-15(22)5-8-17(14)25-19/h3-8,10-12,18,25H,9H2,1-2H3,(H,24,27)(H,26,28)/t18-/m0/s1. The average molecular weight is 402 g/mol. The van der Waals surface area contributed by atoms with E-state index in [1.165, 1.54) is 12.1 Å². The number of aromatic amines is 1. The number of aromatic nitrogens is 1. The van der Waals surface area contributed by atoms with E-state index in [1.54, 1.807) is 36.4 Å². The molecule has 3 rings (SSSR count). The first-order valence-electron chi connectivity index (χ1n) is 8.96. The lowest BCUT2D eigenvalue weighted by atomic mass is 10.0. The summed E-state index contributed by atoms with van der Waals surface area (Å²) in [6.07, 6.45) is 0.247. The topological polar surface area (TPSA) is 74.0 Å². The molecule has 0 aliphatic rings. The van der Waals surface area contributed by atoms with Crippen LogP contribution in [0.25, 0.3) is 10.9 Å². The Balaban J connectivity index is 1.80. The molecule has 2 amide bonds. The van der Waals surface area contributed by atoms with Gasteiger partial charge in [-0.2, -0.15) is 0 Å². The van der Waals surface area contributed by atoms with Crippen molar-refractivity contribution >= 4 is 34.3 Å². The zero-order valence-electron chi connectivity index (χ0n) is 15.6. The lowest BCUT2D eigenvalue weighted by molar-refractivity contribution is -0.123. The summed E-state index contributed by atoms with van der Waals surface area (Å²) in [5.41, 5.74) is 1.85. The first-order valence-corrected chi connectivity index (χ1v) is 9.33. The van der Waals surface area contributed by atoms with Gasteiger partial charge in [-0.25, -0.2) is 4.39 Å². The van der Waals surface area contributed by atoms with Crippen LogP contribution >= 0.6 is 11.6 Å². The minimum absolute atomic E-state index is 0.0738. The van der Waals surface area contributed by atoms with Crippen LogP contribution in [0.2, 0.25) is 5.02 Å². The molecule has 1 aromatic heterocycles. The summed E-state index contributed by atoms with van der Waals surface area (Å²) < 4.78 is 13.2. The highest BCUT2D eigenvalue weighted by Gasteiger charge is 2.23. The number of hydrogen-bond donors (Lipinski definition) is 3. The van der Waals surface area contributed by atoms with Crippen LogP contribution in [-0.2, 0) is 11.2 Å². The van der Waals surface area contributed by atoms with Crippen molar-refractivity contribution in [2.24, 2.45) is 0 Å². The fraction of sp³-hybridized carbons (Fsp3) is 0.238. The van der Waals surface area contributed by atoms with Crippen molar-refractivity contribution in [2.45, 2.75) is 32.4 Å². The molecule has 0 aliphatic heterocycles. The molecular formula is C21H21ClFN3O2. The van der Waals surface area contributed by atoms with Crippen LogP contribution in [0.5, 0.6) is 0 Å². The van der Waals surface area contributed by atoms with Gasteiger partial charge in [0.1, 0.15) is 17.6 Å². The summed E-state index contributed by atoms with van der Waals surface area (Å²) >= 11 is 5.99. The van der Waals surface area contributed by atoms with E-state index in [-0.39, 0.29) is 24.2 Å². The zero-order chi connectivity index (χ0) is 20.3. The highest BCUT2D eigenvalue weighted by Crippen LogP contribution is 2.20. The fourth-order valence-electron chi connectivity index (χ4n) is 2.91. The Morgan fingerprint density at radius 1 is 1.07 bits per heavy atom. The lowest BCUT2D eigenvalue weighted by Gasteiger charge is -2.20. The van der Waals surface area contributed by atoms with Gasteiger partial charge in [0.25, 0.3) is 5.91 Å². The monoisotopic (exact) mass is 401 g/mol. The number of nitrogens with one attached hydrogen (secondary N) is 3. The van der Waals surface area contributed by atoms with Gasteiger partial charge in [0.2, 0.25) is 5.91 Å². The van der Waals surface area contributed by atoms with Crippen molar-refractivity contribution in [3.05, 3.63) is 70.6 Å². The van der Waals surface area contributed by atoms with Gasteiger partial charge in [-0.15, -0.1) is 0 Å². The molecule has 5 nitrogen and oxygen atoms in total. The maximum atomic E-state index is 13.2. The summed E-state index contributed by atoms with van der Waals surface area (Å²) in [4.78, 5) is 28.3. The maximum absolute atomic E-state index is 13.2. The number of H-pyrrole nitrogens is 1. The lowest BCUT2D eigenvalue weighted by Crippen LogP contribution is -2.49. The van der Waals surface area contributed by atoms with Gasteiger partial charge in [0.15, 0.2) is 0 Å². The highest BCUT2D eigenvalue weighted by atomic mass is 35.5. The van der Waals surface area contributed by atoms with E-state index in [4.69, 9.17) is 11.6 Å². The molecule has 28 heavy (non-hydrogen) atoms. The van der Waals surface area contributed by atoms with Gasteiger partial charge in [-0.05, 0) is 55.8 Å². The van der Waals surface area contributed by atoms with Crippen LogP contribution in [0.4, 0.5) is 4.39 Å². The average Bonchev–Trinajstić information content (AvgIpc) is 3.05. The van der Waals surface area contributed by atoms with E-state index in [1.807, 2.05) is 13.8 Å². The highest BCUT2D eigenvalue weighted by molar-refractivity contribution is 6.31. The third kappa shape index (κ3) is 4.89. The molecule has 3 N–H and O–H groups in total. The summed E-state index contributed by atoms with van der Waals surface area (Å²) in [6, 6.07) is 11.9. The molecule has 0 unspecified atom stereocenters. The van der Waals surface area contributed by atoms with Crippen molar-refractivity contribution in [2.75, 3.05) is 0 Å². The molecule has 0 saturated heterocycles. The van der Waals surface area contributed by atoms with Gasteiger partial charge < -0.3 is 15.6 Å². The molecule has 0 saturated carbocycles. The molecule has 146 valence electrons. The van der Waals surface area contributed by atoms with E-state index in [9.17, 15) is 14.0 Å². The second-order valence-corrected chi connectivity index (χ2v) is 7.37. The number of carbonyl (C=O) groups excluding carboxylic acids is 2. The number of benzene rings is 2. The van der Waals surface area contributed by atoms with E-state index < -0.39 is 11.9 Å². The van der Waals surface area contributed by atoms with Crippen molar-refractivity contribution < 1.29 is 14.0 Å². The number of halogens is 2. The Kier molecular flexibility index (Phi) is 5.99.